The maximum absolute atomic E-state index is 10.9. The third-order valence-corrected chi connectivity index (χ3v) is 3.01. The van der Waals surface area contributed by atoms with Crippen molar-refractivity contribution in [1.29, 1.82) is 0 Å². The van der Waals surface area contributed by atoms with E-state index in [-0.39, 0.29) is 10.7 Å². The van der Waals surface area contributed by atoms with Crippen LogP contribution in [0.4, 0.5) is 5.82 Å². The van der Waals surface area contributed by atoms with Crippen molar-refractivity contribution in [1.82, 2.24) is 4.98 Å². The zero-order chi connectivity index (χ0) is 13.0. The van der Waals surface area contributed by atoms with E-state index in [1.165, 1.54) is 0 Å². The van der Waals surface area contributed by atoms with Crippen LogP contribution in [0.2, 0.25) is 5.02 Å². The highest BCUT2D eigenvalue weighted by Crippen LogP contribution is 2.19. The van der Waals surface area contributed by atoms with Crippen molar-refractivity contribution in [2.75, 3.05) is 18.5 Å². The average Bonchev–Trinajstić information content (AvgIpc) is 2.28. The Hall–Kier alpha value is -1.29. The van der Waals surface area contributed by atoms with E-state index in [2.05, 4.69) is 18.8 Å². The highest BCUT2D eigenvalue weighted by atomic mass is 35.5. The lowest BCUT2D eigenvalue weighted by Gasteiger charge is -2.22. The van der Waals surface area contributed by atoms with Crippen LogP contribution in [-0.4, -0.2) is 29.7 Å². The van der Waals surface area contributed by atoms with E-state index >= 15 is 0 Å². The Morgan fingerprint density at radius 3 is 2.76 bits per heavy atom. The summed E-state index contributed by atoms with van der Waals surface area (Å²) >= 11 is 5.77. The van der Waals surface area contributed by atoms with Crippen LogP contribution in [0.25, 0.3) is 0 Å². The topological polar surface area (TPSA) is 53.4 Å². The normalized spacial score (nSPS) is 12.2. The van der Waals surface area contributed by atoms with Gasteiger partial charge in [0.1, 0.15) is 5.82 Å². The third kappa shape index (κ3) is 3.60. The van der Waals surface area contributed by atoms with Crippen molar-refractivity contribution >= 4 is 23.4 Å². The fraction of sp³-hybridized carbons (Fsp3) is 0.500. The predicted molar refractivity (Wildman–Crippen MR) is 68.9 cm³/mol. The van der Waals surface area contributed by atoms with Crippen LogP contribution in [0.15, 0.2) is 12.1 Å². The molecule has 0 aliphatic heterocycles. The van der Waals surface area contributed by atoms with Gasteiger partial charge < -0.3 is 10.0 Å². The highest BCUT2D eigenvalue weighted by Gasteiger charge is 2.14. The molecule has 17 heavy (non-hydrogen) atoms. The average molecular weight is 257 g/mol. The lowest BCUT2D eigenvalue weighted by molar-refractivity contribution is 0.0691. The summed E-state index contributed by atoms with van der Waals surface area (Å²) in [6.45, 7) is 5.10. The van der Waals surface area contributed by atoms with E-state index in [9.17, 15) is 4.79 Å². The molecule has 0 radical (unpaired) electrons. The molecule has 0 aromatic carbocycles. The fourth-order valence-corrected chi connectivity index (χ4v) is 1.67. The third-order valence-electron chi connectivity index (χ3n) is 2.71. The number of anilines is 1. The fourth-order valence-electron chi connectivity index (χ4n) is 1.48. The van der Waals surface area contributed by atoms with Crippen LogP contribution in [0.5, 0.6) is 0 Å². The predicted octanol–water partition coefficient (Wildman–Crippen LogP) is 2.92. The molecule has 0 fully saturated rings. The number of hydrogen-bond donors (Lipinski definition) is 1. The summed E-state index contributed by atoms with van der Waals surface area (Å²) in [5.41, 5.74) is -0.0971. The van der Waals surface area contributed by atoms with Gasteiger partial charge in [0.2, 0.25) is 0 Å². The number of carbonyl (C=O) groups is 1. The minimum atomic E-state index is -1.10. The van der Waals surface area contributed by atoms with Gasteiger partial charge in [0.05, 0.1) is 5.02 Å². The van der Waals surface area contributed by atoms with Crippen molar-refractivity contribution in [3.05, 3.63) is 22.8 Å². The molecule has 94 valence electrons. The molecular weight excluding hydrogens is 240 g/mol. The zero-order valence-corrected chi connectivity index (χ0v) is 11.0. The molecule has 1 heterocycles. The molecule has 0 aliphatic carbocycles. The minimum Gasteiger partial charge on any atom is -0.476 e. The molecule has 0 amide bonds. The van der Waals surface area contributed by atoms with Gasteiger partial charge in [0.15, 0.2) is 5.69 Å². The first-order valence-electron chi connectivity index (χ1n) is 5.56. The number of aromatic nitrogens is 1. The Kier molecular flexibility index (Phi) is 4.75. The van der Waals surface area contributed by atoms with Gasteiger partial charge in [-0.2, -0.15) is 0 Å². The molecule has 5 heteroatoms. The number of carboxylic acids is 1. The lowest BCUT2D eigenvalue weighted by Crippen LogP contribution is -2.25. The molecule has 1 unspecified atom stereocenters. The van der Waals surface area contributed by atoms with E-state index in [1.807, 2.05) is 11.9 Å². The molecule has 0 saturated carbocycles. The molecule has 1 rings (SSSR count). The molecule has 1 aromatic rings. The molecule has 0 aliphatic rings. The first-order valence-corrected chi connectivity index (χ1v) is 5.94. The molecule has 1 N–H and O–H groups in total. The lowest BCUT2D eigenvalue weighted by atomic mass is 10.1. The van der Waals surface area contributed by atoms with Gasteiger partial charge in [0, 0.05) is 13.6 Å². The van der Waals surface area contributed by atoms with Crippen LogP contribution in [-0.2, 0) is 0 Å². The number of aromatic carboxylic acids is 1. The van der Waals surface area contributed by atoms with Crippen LogP contribution >= 0.6 is 11.6 Å². The van der Waals surface area contributed by atoms with E-state index in [0.717, 1.165) is 13.0 Å². The standard InChI is InChI=1S/C12H17ClN2O2/c1-4-8(2)7-15(3)10-6-5-9(13)11(14-10)12(16)17/h5-6,8H,4,7H2,1-3H3,(H,16,17). The first kappa shape index (κ1) is 13.8. The molecular formula is C12H17ClN2O2. The first-order chi connectivity index (χ1) is 7.95. The Bertz CT molecular complexity index is 409. The number of halogens is 1. The van der Waals surface area contributed by atoms with Gasteiger partial charge in [-0.3, -0.25) is 0 Å². The summed E-state index contributed by atoms with van der Waals surface area (Å²) in [5.74, 6) is 0.0617. The summed E-state index contributed by atoms with van der Waals surface area (Å²) in [7, 11) is 1.90. The number of rotatable bonds is 5. The molecule has 0 saturated heterocycles. The Morgan fingerprint density at radius 1 is 1.59 bits per heavy atom. The van der Waals surface area contributed by atoms with E-state index < -0.39 is 5.97 Å². The van der Waals surface area contributed by atoms with Crippen molar-refractivity contribution < 1.29 is 9.90 Å². The van der Waals surface area contributed by atoms with E-state index in [0.29, 0.717) is 11.7 Å². The van der Waals surface area contributed by atoms with Crippen LogP contribution in [0, 0.1) is 5.92 Å². The summed E-state index contributed by atoms with van der Waals surface area (Å²) < 4.78 is 0. The SMILES string of the molecule is CCC(C)CN(C)c1ccc(Cl)c(C(=O)O)n1. The number of pyridine rings is 1. The molecule has 1 atom stereocenters. The Morgan fingerprint density at radius 2 is 2.24 bits per heavy atom. The van der Waals surface area contributed by atoms with Crippen LogP contribution in [0.1, 0.15) is 30.8 Å². The molecule has 0 bridgehead atoms. The van der Waals surface area contributed by atoms with E-state index in [4.69, 9.17) is 16.7 Å². The summed E-state index contributed by atoms with van der Waals surface area (Å²) in [6, 6.07) is 3.30. The van der Waals surface area contributed by atoms with Gasteiger partial charge in [-0.1, -0.05) is 31.9 Å². The smallest absolute Gasteiger partial charge is 0.356 e. The quantitative estimate of drug-likeness (QED) is 0.880. The molecule has 0 spiro atoms. The monoisotopic (exact) mass is 256 g/mol. The number of hydrogen-bond acceptors (Lipinski definition) is 3. The second-order valence-electron chi connectivity index (χ2n) is 4.20. The number of carboxylic acid groups (broad SMARTS) is 1. The Balaban J connectivity index is 2.91. The van der Waals surface area contributed by atoms with Crippen LogP contribution in [0.3, 0.4) is 0 Å². The van der Waals surface area contributed by atoms with Gasteiger partial charge in [-0.15, -0.1) is 0 Å². The second kappa shape index (κ2) is 5.87. The van der Waals surface area contributed by atoms with Crippen molar-refractivity contribution in [3.63, 3.8) is 0 Å². The number of nitrogens with zero attached hydrogens (tertiary/aromatic N) is 2. The summed E-state index contributed by atoms with van der Waals surface area (Å²) in [6.07, 6.45) is 1.07. The van der Waals surface area contributed by atoms with Gasteiger partial charge in [-0.05, 0) is 18.1 Å². The van der Waals surface area contributed by atoms with Crippen molar-refractivity contribution in [2.24, 2.45) is 5.92 Å². The van der Waals surface area contributed by atoms with Gasteiger partial charge in [0.25, 0.3) is 0 Å². The molecule has 4 nitrogen and oxygen atoms in total. The maximum atomic E-state index is 10.9. The van der Waals surface area contributed by atoms with Crippen molar-refractivity contribution in [2.45, 2.75) is 20.3 Å². The highest BCUT2D eigenvalue weighted by molar-refractivity contribution is 6.33. The van der Waals surface area contributed by atoms with E-state index in [1.54, 1.807) is 12.1 Å². The second-order valence-corrected chi connectivity index (χ2v) is 4.61. The largest absolute Gasteiger partial charge is 0.476 e. The molecule has 1 aromatic heterocycles. The summed E-state index contributed by atoms with van der Waals surface area (Å²) in [4.78, 5) is 16.9. The van der Waals surface area contributed by atoms with Crippen LogP contribution < -0.4 is 4.90 Å². The zero-order valence-electron chi connectivity index (χ0n) is 10.3. The maximum Gasteiger partial charge on any atom is 0.356 e. The van der Waals surface area contributed by atoms with Gasteiger partial charge >= 0.3 is 5.97 Å². The van der Waals surface area contributed by atoms with Crippen molar-refractivity contribution in [3.8, 4) is 0 Å². The summed E-state index contributed by atoms with van der Waals surface area (Å²) in [5, 5.41) is 9.10. The Labute approximate surface area is 106 Å². The van der Waals surface area contributed by atoms with Gasteiger partial charge in [-0.25, -0.2) is 9.78 Å². The minimum absolute atomic E-state index is 0.0971.